The van der Waals surface area contributed by atoms with E-state index in [1.165, 1.54) is 24.0 Å². The first-order valence-corrected chi connectivity index (χ1v) is 7.07. The summed E-state index contributed by atoms with van der Waals surface area (Å²) in [6.45, 7) is 18.4. The van der Waals surface area contributed by atoms with E-state index in [1.807, 2.05) is 0 Å². The second-order valence-corrected chi connectivity index (χ2v) is 8.18. The van der Waals surface area contributed by atoms with Crippen molar-refractivity contribution in [3.05, 3.63) is 34.4 Å². The summed E-state index contributed by atoms with van der Waals surface area (Å²) in [7, 11) is 0. The lowest BCUT2D eigenvalue weighted by Crippen LogP contribution is -2.15. The van der Waals surface area contributed by atoms with Crippen LogP contribution in [0.2, 0.25) is 0 Å². The van der Waals surface area contributed by atoms with Gasteiger partial charge in [0.15, 0.2) is 0 Å². The third-order valence-corrected chi connectivity index (χ3v) is 3.26. The van der Waals surface area contributed by atoms with Crippen LogP contribution >= 0.6 is 0 Å². The Bertz CT molecular complexity index is 370. The van der Waals surface area contributed by atoms with Crippen molar-refractivity contribution in [1.82, 2.24) is 0 Å². The second-order valence-electron chi connectivity index (χ2n) is 8.18. The Hall–Kier alpha value is -0.780. The van der Waals surface area contributed by atoms with Crippen molar-refractivity contribution >= 4 is 0 Å². The number of hydrogen-bond acceptors (Lipinski definition) is 0. The van der Waals surface area contributed by atoms with E-state index in [9.17, 15) is 0 Å². The lowest BCUT2D eigenvalue weighted by molar-refractivity contribution is 0.392. The van der Waals surface area contributed by atoms with Crippen LogP contribution in [0.4, 0.5) is 0 Å². The van der Waals surface area contributed by atoms with E-state index in [1.54, 1.807) is 11.1 Å². The molecule has 0 fully saturated rings. The maximum Gasteiger partial charge on any atom is -0.0227 e. The first-order valence-electron chi connectivity index (χ1n) is 7.07. The van der Waals surface area contributed by atoms with Gasteiger partial charge in [0, 0.05) is 0 Å². The third kappa shape index (κ3) is 4.84. The number of aryl methyl sites for hydroxylation is 2. The van der Waals surface area contributed by atoms with Gasteiger partial charge in [0.25, 0.3) is 0 Å². The molecule has 0 atom stereocenters. The van der Waals surface area contributed by atoms with Gasteiger partial charge < -0.3 is 0 Å². The molecule has 0 aliphatic rings. The number of rotatable bonds is 2. The summed E-state index contributed by atoms with van der Waals surface area (Å²) in [5.74, 6) is 0. The van der Waals surface area contributed by atoms with Crippen LogP contribution in [0.15, 0.2) is 12.1 Å². The molecule has 0 nitrogen and oxygen atoms in total. The minimum Gasteiger partial charge on any atom is -0.0599 e. The van der Waals surface area contributed by atoms with Crippen molar-refractivity contribution in [1.29, 1.82) is 0 Å². The van der Waals surface area contributed by atoms with Crippen molar-refractivity contribution in [2.24, 2.45) is 10.8 Å². The molecule has 0 bridgehead atoms. The lowest BCUT2D eigenvalue weighted by atomic mass is 9.80. The summed E-state index contributed by atoms with van der Waals surface area (Å²) >= 11 is 0. The first-order chi connectivity index (χ1) is 7.98. The SMILES string of the molecule is Cc1cc(CC(C)(C)C)c(CC(C)(C)C)cc1C. The molecule has 0 aromatic heterocycles. The first kappa shape index (κ1) is 15.3. The van der Waals surface area contributed by atoms with Crippen LogP contribution in [0, 0.1) is 24.7 Å². The Morgan fingerprint density at radius 1 is 0.667 bits per heavy atom. The van der Waals surface area contributed by atoms with E-state index in [-0.39, 0.29) is 0 Å². The Morgan fingerprint density at radius 2 is 0.944 bits per heavy atom. The van der Waals surface area contributed by atoms with Gasteiger partial charge in [-0.25, -0.2) is 0 Å². The quantitative estimate of drug-likeness (QED) is 0.648. The highest BCUT2D eigenvalue weighted by Gasteiger charge is 2.18. The molecule has 0 aliphatic carbocycles. The lowest BCUT2D eigenvalue weighted by Gasteiger charge is -2.25. The minimum atomic E-state index is 0.355. The minimum absolute atomic E-state index is 0.355. The summed E-state index contributed by atoms with van der Waals surface area (Å²) in [6, 6.07) is 4.81. The predicted molar refractivity (Wildman–Crippen MR) is 82.2 cm³/mol. The summed E-state index contributed by atoms with van der Waals surface area (Å²) < 4.78 is 0. The third-order valence-electron chi connectivity index (χ3n) is 3.26. The highest BCUT2D eigenvalue weighted by atomic mass is 14.2. The average molecular weight is 246 g/mol. The predicted octanol–water partition coefficient (Wildman–Crippen LogP) is 5.48. The zero-order chi connectivity index (χ0) is 14.1. The Kier molecular flexibility index (Phi) is 4.30. The van der Waals surface area contributed by atoms with Crippen molar-refractivity contribution < 1.29 is 0 Å². The fourth-order valence-electron chi connectivity index (χ4n) is 2.41. The molecule has 0 N–H and O–H groups in total. The summed E-state index contributed by atoms with van der Waals surface area (Å²) in [6.07, 6.45) is 2.33. The van der Waals surface area contributed by atoms with Crippen LogP contribution < -0.4 is 0 Å². The maximum absolute atomic E-state index is 2.40. The van der Waals surface area contributed by atoms with Gasteiger partial charge in [-0.1, -0.05) is 53.7 Å². The zero-order valence-corrected chi connectivity index (χ0v) is 13.6. The van der Waals surface area contributed by atoms with Gasteiger partial charge in [-0.2, -0.15) is 0 Å². The molecule has 0 radical (unpaired) electrons. The highest BCUT2D eigenvalue weighted by molar-refractivity contribution is 5.38. The number of benzene rings is 1. The van der Waals surface area contributed by atoms with E-state index in [4.69, 9.17) is 0 Å². The van der Waals surface area contributed by atoms with Gasteiger partial charge in [-0.15, -0.1) is 0 Å². The number of hydrogen-bond donors (Lipinski definition) is 0. The molecule has 1 aromatic carbocycles. The molecular weight excluding hydrogens is 216 g/mol. The van der Waals surface area contributed by atoms with Crippen molar-refractivity contribution in [3.63, 3.8) is 0 Å². The van der Waals surface area contributed by atoms with Crippen LogP contribution in [0.5, 0.6) is 0 Å². The largest absolute Gasteiger partial charge is 0.0599 e. The summed E-state index contributed by atoms with van der Waals surface area (Å²) in [4.78, 5) is 0. The van der Waals surface area contributed by atoms with E-state index in [0.29, 0.717) is 10.8 Å². The van der Waals surface area contributed by atoms with Crippen LogP contribution in [-0.4, -0.2) is 0 Å². The van der Waals surface area contributed by atoms with E-state index in [2.05, 4.69) is 67.5 Å². The maximum atomic E-state index is 2.40. The van der Waals surface area contributed by atoms with Crippen molar-refractivity contribution in [2.45, 2.75) is 68.2 Å². The smallest absolute Gasteiger partial charge is 0.0227 e. The summed E-state index contributed by atoms with van der Waals surface area (Å²) in [5.41, 5.74) is 6.64. The van der Waals surface area contributed by atoms with Gasteiger partial charge in [-0.3, -0.25) is 0 Å². The normalized spacial score (nSPS) is 12.9. The van der Waals surface area contributed by atoms with Gasteiger partial charge in [0.05, 0.1) is 0 Å². The van der Waals surface area contributed by atoms with E-state index >= 15 is 0 Å². The molecule has 102 valence electrons. The van der Waals surface area contributed by atoms with Crippen molar-refractivity contribution in [3.8, 4) is 0 Å². The molecule has 1 rings (SSSR count). The molecule has 0 unspecified atom stereocenters. The van der Waals surface area contributed by atoms with Gasteiger partial charge >= 0.3 is 0 Å². The molecule has 0 aliphatic heterocycles. The van der Waals surface area contributed by atoms with Crippen LogP contribution in [0.1, 0.15) is 63.8 Å². The molecule has 0 saturated heterocycles. The molecular formula is C18H30. The molecule has 0 amide bonds. The topological polar surface area (TPSA) is 0 Å². The molecule has 18 heavy (non-hydrogen) atoms. The zero-order valence-electron chi connectivity index (χ0n) is 13.6. The fraction of sp³-hybridized carbons (Fsp3) is 0.667. The van der Waals surface area contributed by atoms with Gasteiger partial charge in [-0.05, 0) is 59.8 Å². The average Bonchev–Trinajstić information content (AvgIpc) is 2.08. The van der Waals surface area contributed by atoms with Crippen LogP contribution in [-0.2, 0) is 12.8 Å². The standard InChI is InChI=1S/C18H30/c1-13-9-15(11-17(3,4)5)16(10-14(13)2)12-18(6,7)8/h9-10H,11-12H2,1-8H3. The molecule has 0 heterocycles. The molecule has 0 saturated carbocycles. The second kappa shape index (κ2) is 5.07. The van der Waals surface area contributed by atoms with Crippen LogP contribution in [0.3, 0.4) is 0 Å². The van der Waals surface area contributed by atoms with Crippen LogP contribution in [0.25, 0.3) is 0 Å². The summed E-state index contributed by atoms with van der Waals surface area (Å²) in [5, 5.41) is 0. The van der Waals surface area contributed by atoms with E-state index < -0.39 is 0 Å². The van der Waals surface area contributed by atoms with Gasteiger partial charge in [0.2, 0.25) is 0 Å². The van der Waals surface area contributed by atoms with Crippen molar-refractivity contribution in [2.75, 3.05) is 0 Å². The highest BCUT2D eigenvalue weighted by Crippen LogP contribution is 2.29. The molecule has 1 aromatic rings. The fourth-order valence-corrected chi connectivity index (χ4v) is 2.41. The Morgan fingerprint density at radius 3 is 1.17 bits per heavy atom. The Labute approximate surface area is 114 Å². The monoisotopic (exact) mass is 246 g/mol. The van der Waals surface area contributed by atoms with Gasteiger partial charge in [0.1, 0.15) is 0 Å². The van der Waals surface area contributed by atoms with E-state index in [0.717, 1.165) is 0 Å². The Balaban J connectivity index is 3.17. The molecule has 0 heteroatoms. The molecule has 0 spiro atoms.